The SMILES string of the molecule is CC(C)C(C(=O)Nc1ccc2c(c1)OCO2)N(Cc1ccccc1)C(=O)Cn1nnc2ccccc21. The van der Waals surface area contributed by atoms with Crippen LogP contribution >= 0.6 is 0 Å². The van der Waals surface area contributed by atoms with E-state index in [1.165, 1.54) is 0 Å². The van der Waals surface area contributed by atoms with Crippen molar-refractivity contribution in [3.05, 3.63) is 78.4 Å². The van der Waals surface area contributed by atoms with Crippen molar-refractivity contribution in [3.8, 4) is 11.5 Å². The second-order valence-electron chi connectivity index (χ2n) is 8.99. The van der Waals surface area contributed by atoms with E-state index in [0.29, 0.717) is 22.7 Å². The second-order valence-corrected chi connectivity index (χ2v) is 8.99. The van der Waals surface area contributed by atoms with E-state index in [0.717, 1.165) is 11.1 Å². The van der Waals surface area contributed by atoms with Crippen LogP contribution in [0.3, 0.4) is 0 Å². The number of para-hydroxylation sites is 1. The van der Waals surface area contributed by atoms with E-state index in [9.17, 15) is 9.59 Å². The number of hydrogen-bond acceptors (Lipinski definition) is 6. The Bertz CT molecular complexity index is 1390. The van der Waals surface area contributed by atoms with Gasteiger partial charge in [0.15, 0.2) is 11.5 Å². The van der Waals surface area contributed by atoms with Gasteiger partial charge in [0.25, 0.3) is 0 Å². The van der Waals surface area contributed by atoms with E-state index >= 15 is 0 Å². The Labute approximate surface area is 208 Å². The summed E-state index contributed by atoms with van der Waals surface area (Å²) < 4.78 is 12.4. The first kappa shape index (κ1) is 23.3. The Kier molecular flexibility index (Phi) is 6.53. The average Bonchev–Trinajstić information content (AvgIpc) is 3.51. The Morgan fingerprint density at radius 1 is 1.00 bits per heavy atom. The number of fused-ring (bicyclic) bond motifs is 2. The highest BCUT2D eigenvalue weighted by Gasteiger charge is 2.33. The molecule has 0 fully saturated rings. The molecule has 1 aliphatic heterocycles. The highest BCUT2D eigenvalue weighted by molar-refractivity contribution is 5.97. The van der Waals surface area contributed by atoms with Gasteiger partial charge in [0.1, 0.15) is 18.1 Å². The fourth-order valence-corrected chi connectivity index (χ4v) is 4.37. The van der Waals surface area contributed by atoms with E-state index in [4.69, 9.17) is 9.47 Å². The van der Waals surface area contributed by atoms with Crippen LogP contribution in [0.4, 0.5) is 5.69 Å². The van der Waals surface area contributed by atoms with E-state index in [2.05, 4.69) is 15.6 Å². The summed E-state index contributed by atoms with van der Waals surface area (Å²) >= 11 is 0. The lowest BCUT2D eigenvalue weighted by atomic mass is 10.00. The lowest BCUT2D eigenvalue weighted by Gasteiger charge is -2.33. The molecule has 2 amide bonds. The number of benzene rings is 3. The number of amides is 2. The first-order valence-electron chi connectivity index (χ1n) is 11.8. The van der Waals surface area contributed by atoms with Gasteiger partial charge in [0.2, 0.25) is 18.6 Å². The van der Waals surface area contributed by atoms with Gasteiger partial charge in [-0.2, -0.15) is 0 Å². The molecule has 0 bridgehead atoms. The summed E-state index contributed by atoms with van der Waals surface area (Å²) in [4.78, 5) is 29.0. The fourth-order valence-electron chi connectivity index (χ4n) is 4.37. The van der Waals surface area contributed by atoms with Crippen molar-refractivity contribution < 1.29 is 19.1 Å². The molecule has 0 saturated carbocycles. The van der Waals surface area contributed by atoms with Gasteiger partial charge < -0.3 is 19.7 Å². The van der Waals surface area contributed by atoms with E-state index in [-0.39, 0.29) is 37.6 Å². The number of anilines is 1. The molecular weight excluding hydrogens is 458 g/mol. The molecule has 4 aromatic rings. The van der Waals surface area contributed by atoms with Crippen molar-refractivity contribution in [2.45, 2.75) is 33.0 Å². The number of carbonyl (C=O) groups is 2. The zero-order valence-electron chi connectivity index (χ0n) is 20.1. The van der Waals surface area contributed by atoms with Gasteiger partial charge in [-0.25, -0.2) is 4.68 Å². The number of aromatic nitrogens is 3. The summed E-state index contributed by atoms with van der Waals surface area (Å²) in [6, 6.07) is 21.6. The van der Waals surface area contributed by atoms with Crippen LogP contribution in [-0.4, -0.2) is 44.5 Å². The molecule has 2 heterocycles. The molecule has 0 aliphatic carbocycles. The quantitative estimate of drug-likeness (QED) is 0.407. The van der Waals surface area contributed by atoms with Gasteiger partial charge in [-0.1, -0.05) is 61.5 Å². The molecule has 0 saturated heterocycles. The third-order valence-corrected chi connectivity index (χ3v) is 6.10. The van der Waals surface area contributed by atoms with Crippen molar-refractivity contribution in [2.24, 2.45) is 5.92 Å². The van der Waals surface area contributed by atoms with Crippen LogP contribution in [-0.2, 0) is 22.7 Å². The van der Waals surface area contributed by atoms with Crippen molar-refractivity contribution >= 4 is 28.5 Å². The van der Waals surface area contributed by atoms with Crippen molar-refractivity contribution in [1.29, 1.82) is 0 Å². The molecule has 1 unspecified atom stereocenters. The van der Waals surface area contributed by atoms with E-state index in [1.54, 1.807) is 27.8 Å². The maximum absolute atomic E-state index is 13.7. The maximum atomic E-state index is 13.7. The zero-order chi connectivity index (χ0) is 25.1. The van der Waals surface area contributed by atoms with Gasteiger partial charge in [-0.05, 0) is 35.7 Å². The number of hydrogen-bond donors (Lipinski definition) is 1. The Hall–Kier alpha value is -4.40. The summed E-state index contributed by atoms with van der Waals surface area (Å²) in [6.45, 7) is 4.26. The molecule has 0 spiro atoms. The zero-order valence-corrected chi connectivity index (χ0v) is 20.1. The topological polar surface area (TPSA) is 98.6 Å². The summed E-state index contributed by atoms with van der Waals surface area (Å²) in [7, 11) is 0. The molecule has 3 aromatic carbocycles. The normalized spacial score (nSPS) is 13.1. The first-order chi connectivity index (χ1) is 17.5. The highest BCUT2D eigenvalue weighted by atomic mass is 16.7. The third-order valence-electron chi connectivity index (χ3n) is 6.10. The van der Waals surface area contributed by atoms with Crippen LogP contribution in [0, 0.1) is 5.92 Å². The summed E-state index contributed by atoms with van der Waals surface area (Å²) in [5.74, 6) is 0.545. The molecule has 1 aromatic heterocycles. The van der Waals surface area contributed by atoms with Crippen LogP contribution in [0.25, 0.3) is 11.0 Å². The van der Waals surface area contributed by atoms with Gasteiger partial charge in [-0.15, -0.1) is 5.10 Å². The number of nitrogens with one attached hydrogen (secondary N) is 1. The lowest BCUT2D eigenvalue weighted by molar-refractivity contribution is -0.141. The third kappa shape index (κ3) is 4.86. The van der Waals surface area contributed by atoms with Gasteiger partial charge in [0.05, 0.1) is 5.52 Å². The van der Waals surface area contributed by atoms with Crippen LogP contribution in [0.5, 0.6) is 11.5 Å². The van der Waals surface area contributed by atoms with Crippen LogP contribution in [0.2, 0.25) is 0 Å². The van der Waals surface area contributed by atoms with Gasteiger partial charge in [-0.3, -0.25) is 9.59 Å². The minimum atomic E-state index is -0.724. The van der Waals surface area contributed by atoms with Gasteiger partial charge in [0, 0.05) is 18.3 Å². The minimum Gasteiger partial charge on any atom is -0.454 e. The summed E-state index contributed by atoms with van der Waals surface area (Å²) in [5.41, 5.74) is 2.97. The monoisotopic (exact) mass is 485 g/mol. The van der Waals surface area contributed by atoms with Crippen LogP contribution in [0.1, 0.15) is 19.4 Å². The molecule has 9 heteroatoms. The molecule has 1 atom stereocenters. The summed E-state index contributed by atoms with van der Waals surface area (Å²) in [5, 5.41) is 11.3. The van der Waals surface area contributed by atoms with E-state index < -0.39 is 6.04 Å². The number of carbonyl (C=O) groups excluding carboxylic acids is 2. The molecule has 36 heavy (non-hydrogen) atoms. The first-order valence-corrected chi connectivity index (χ1v) is 11.8. The Morgan fingerprint density at radius 3 is 2.56 bits per heavy atom. The van der Waals surface area contributed by atoms with Crippen molar-refractivity contribution in [2.75, 3.05) is 12.1 Å². The number of nitrogens with zero attached hydrogens (tertiary/aromatic N) is 4. The molecule has 184 valence electrons. The smallest absolute Gasteiger partial charge is 0.247 e. The summed E-state index contributed by atoms with van der Waals surface area (Å²) in [6.07, 6.45) is 0. The fraction of sp³-hybridized carbons (Fsp3) is 0.259. The minimum absolute atomic E-state index is 0.0339. The van der Waals surface area contributed by atoms with E-state index in [1.807, 2.05) is 68.4 Å². The molecule has 5 rings (SSSR count). The number of ether oxygens (including phenoxy) is 2. The molecule has 1 aliphatic rings. The predicted molar refractivity (Wildman–Crippen MR) is 134 cm³/mol. The predicted octanol–water partition coefficient (Wildman–Crippen LogP) is 3.85. The Morgan fingerprint density at radius 2 is 1.75 bits per heavy atom. The second kappa shape index (κ2) is 10.1. The van der Waals surface area contributed by atoms with Crippen molar-refractivity contribution in [1.82, 2.24) is 19.9 Å². The standard InChI is InChI=1S/C27H27N5O4/c1-18(2)26(27(34)28-20-12-13-23-24(14-20)36-17-35-23)31(15-19-8-4-3-5-9-19)25(33)16-32-22-11-7-6-10-21(22)29-30-32/h3-14,18,26H,15-17H2,1-2H3,(H,28,34). The molecular formula is C27H27N5O4. The molecule has 0 radical (unpaired) electrons. The number of rotatable bonds is 8. The van der Waals surface area contributed by atoms with Crippen LogP contribution in [0.15, 0.2) is 72.8 Å². The lowest BCUT2D eigenvalue weighted by Crippen LogP contribution is -2.50. The average molecular weight is 486 g/mol. The Balaban J connectivity index is 1.43. The molecule has 1 N–H and O–H groups in total. The van der Waals surface area contributed by atoms with Crippen LogP contribution < -0.4 is 14.8 Å². The largest absolute Gasteiger partial charge is 0.454 e. The van der Waals surface area contributed by atoms with Crippen molar-refractivity contribution in [3.63, 3.8) is 0 Å². The van der Waals surface area contributed by atoms with Gasteiger partial charge >= 0.3 is 0 Å². The highest BCUT2D eigenvalue weighted by Crippen LogP contribution is 2.34. The maximum Gasteiger partial charge on any atom is 0.247 e. The molecule has 9 nitrogen and oxygen atoms in total.